The van der Waals surface area contributed by atoms with E-state index in [1.807, 2.05) is 6.07 Å². The van der Waals surface area contributed by atoms with E-state index < -0.39 is 10.0 Å². The van der Waals surface area contributed by atoms with Crippen LogP contribution in [0.4, 0.5) is 5.69 Å². The molecule has 1 heterocycles. The SMILES string of the molecule is Cc1ncc(S(=O)(=O)Nc2cccc(C#N)c2)s1. The number of nitrogens with one attached hydrogen (secondary N) is 1. The van der Waals surface area contributed by atoms with Gasteiger partial charge in [-0.15, -0.1) is 11.3 Å². The lowest BCUT2D eigenvalue weighted by Gasteiger charge is -2.05. The summed E-state index contributed by atoms with van der Waals surface area (Å²) in [6.07, 6.45) is 1.32. The Bertz CT molecular complexity index is 714. The van der Waals surface area contributed by atoms with Crippen LogP contribution in [0.15, 0.2) is 34.7 Å². The molecule has 5 nitrogen and oxygen atoms in total. The lowest BCUT2D eigenvalue weighted by atomic mass is 10.2. The third-order valence-electron chi connectivity index (χ3n) is 2.11. The molecule has 0 saturated heterocycles. The van der Waals surface area contributed by atoms with Crippen molar-refractivity contribution in [3.63, 3.8) is 0 Å². The number of nitriles is 1. The molecule has 18 heavy (non-hydrogen) atoms. The molecule has 0 aliphatic carbocycles. The number of thiazole rings is 1. The van der Waals surface area contributed by atoms with Crippen LogP contribution in [0, 0.1) is 18.3 Å². The van der Waals surface area contributed by atoms with E-state index in [2.05, 4.69) is 9.71 Å². The monoisotopic (exact) mass is 279 g/mol. The van der Waals surface area contributed by atoms with Crippen molar-refractivity contribution in [2.45, 2.75) is 11.1 Å². The van der Waals surface area contributed by atoms with Gasteiger partial charge in [0.25, 0.3) is 10.0 Å². The predicted molar refractivity (Wildman–Crippen MR) is 68.8 cm³/mol. The second-order valence-electron chi connectivity index (χ2n) is 3.50. The minimum Gasteiger partial charge on any atom is -0.279 e. The number of hydrogen-bond donors (Lipinski definition) is 1. The highest BCUT2D eigenvalue weighted by atomic mass is 32.2. The minimum atomic E-state index is -3.62. The molecule has 92 valence electrons. The van der Waals surface area contributed by atoms with Gasteiger partial charge in [-0.3, -0.25) is 4.72 Å². The molecule has 0 unspecified atom stereocenters. The Morgan fingerprint density at radius 2 is 2.22 bits per heavy atom. The molecule has 7 heteroatoms. The molecule has 1 N–H and O–H groups in total. The van der Waals surface area contributed by atoms with Crippen molar-refractivity contribution in [2.75, 3.05) is 4.72 Å². The van der Waals surface area contributed by atoms with Crippen LogP contribution in [0.3, 0.4) is 0 Å². The molecule has 1 aromatic carbocycles. The molecular formula is C11H9N3O2S2. The Labute approximate surface area is 109 Å². The van der Waals surface area contributed by atoms with Crippen molar-refractivity contribution in [3.8, 4) is 6.07 Å². The number of nitrogens with zero attached hydrogens (tertiary/aromatic N) is 2. The van der Waals surface area contributed by atoms with Crippen molar-refractivity contribution in [3.05, 3.63) is 41.0 Å². The molecule has 0 aliphatic rings. The summed E-state index contributed by atoms with van der Waals surface area (Å²) in [6, 6.07) is 8.24. The average Bonchev–Trinajstić information content (AvgIpc) is 2.76. The Morgan fingerprint density at radius 1 is 1.44 bits per heavy atom. The molecule has 0 aliphatic heterocycles. The van der Waals surface area contributed by atoms with Gasteiger partial charge in [-0.2, -0.15) is 5.26 Å². The van der Waals surface area contributed by atoms with E-state index >= 15 is 0 Å². The maximum atomic E-state index is 12.0. The van der Waals surface area contributed by atoms with Crippen LogP contribution in [-0.2, 0) is 10.0 Å². The normalized spacial score (nSPS) is 10.9. The van der Waals surface area contributed by atoms with Crippen LogP contribution in [0.1, 0.15) is 10.6 Å². The molecule has 0 spiro atoms. The number of sulfonamides is 1. The summed E-state index contributed by atoms with van der Waals surface area (Å²) >= 11 is 1.10. The van der Waals surface area contributed by atoms with E-state index in [9.17, 15) is 8.42 Å². The summed E-state index contributed by atoms with van der Waals surface area (Å²) < 4.78 is 26.6. The van der Waals surface area contributed by atoms with Gasteiger partial charge in [-0.05, 0) is 25.1 Å². The topological polar surface area (TPSA) is 82.8 Å². The number of aryl methyl sites for hydroxylation is 1. The van der Waals surface area contributed by atoms with Crippen molar-refractivity contribution in [1.82, 2.24) is 4.98 Å². The van der Waals surface area contributed by atoms with E-state index in [-0.39, 0.29) is 4.21 Å². The summed E-state index contributed by atoms with van der Waals surface area (Å²) in [4.78, 5) is 3.91. The summed E-state index contributed by atoms with van der Waals surface area (Å²) in [6.45, 7) is 1.74. The van der Waals surface area contributed by atoms with Gasteiger partial charge in [0.05, 0.1) is 28.5 Å². The average molecular weight is 279 g/mol. The predicted octanol–water partition coefficient (Wildman–Crippen LogP) is 2.12. The molecule has 2 rings (SSSR count). The van der Waals surface area contributed by atoms with Crippen molar-refractivity contribution in [2.24, 2.45) is 0 Å². The van der Waals surface area contributed by atoms with E-state index in [0.717, 1.165) is 11.3 Å². The Hall–Kier alpha value is -1.91. The van der Waals surface area contributed by atoms with Gasteiger partial charge in [0.15, 0.2) is 4.21 Å². The second-order valence-corrected chi connectivity index (χ2v) is 6.64. The molecule has 0 radical (unpaired) electrons. The summed E-state index contributed by atoms with van der Waals surface area (Å²) in [5, 5.41) is 9.43. The first-order valence-corrected chi connectivity index (χ1v) is 7.26. The number of anilines is 1. The van der Waals surface area contributed by atoms with E-state index in [4.69, 9.17) is 5.26 Å². The highest BCUT2D eigenvalue weighted by molar-refractivity contribution is 7.94. The molecule has 1 aromatic heterocycles. The number of aromatic nitrogens is 1. The number of rotatable bonds is 3. The first-order chi connectivity index (χ1) is 8.51. The van der Waals surface area contributed by atoms with Gasteiger partial charge in [-0.1, -0.05) is 6.07 Å². The van der Waals surface area contributed by atoms with Crippen molar-refractivity contribution < 1.29 is 8.42 Å². The van der Waals surface area contributed by atoms with E-state index in [1.165, 1.54) is 12.3 Å². The van der Waals surface area contributed by atoms with Crippen LogP contribution in [0.5, 0.6) is 0 Å². The van der Waals surface area contributed by atoms with Crippen molar-refractivity contribution >= 4 is 27.0 Å². The van der Waals surface area contributed by atoms with Crippen LogP contribution in [0.25, 0.3) is 0 Å². The fourth-order valence-corrected chi connectivity index (χ4v) is 3.48. The molecule has 2 aromatic rings. The summed E-state index contributed by atoms with van der Waals surface area (Å²) in [5.41, 5.74) is 0.760. The fourth-order valence-electron chi connectivity index (χ4n) is 1.32. The standard InChI is InChI=1S/C11H9N3O2S2/c1-8-13-7-11(17-8)18(15,16)14-10-4-2-3-9(5-10)6-12/h2-5,7,14H,1H3. The van der Waals surface area contributed by atoms with Crippen LogP contribution < -0.4 is 4.72 Å². The quantitative estimate of drug-likeness (QED) is 0.932. The van der Waals surface area contributed by atoms with Crippen LogP contribution >= 0.6 is 11.3 Å². The first kappa shape index (κ1) is 12.5. The lowest BCUT2D eigenvalue weighted by molar-refractivity contribution is 0.603. The summed E-state index contributed by atoms with van der Waals surface area (Å²) in [5.74, 6) is 0. The number of benzene rings is 1. The van der Waals surface area contributed by atoms with Crippen molar-refractivity contribution in [1.29, 1.82) is 5.26 Å². The lowest BCUT2D eigenvalue weighted by Crippen LogP contribution is -2.11. The molecule has 0 bridgehead atoms. The van der Waals surface area contributed by atoms with Gasteiger partial charge in [0, 0.05) is 0 Å². The molecule has 0 saturated carbocycles. The first-order valence-electron chi connectivity index (χ1n) is 4.97. The maximum Gasteiger partial charge on any atom is 0.273 e. The van der Waals surface area contributed by atoms with Gasteiger partial charge >= 0.3 is 0 Å². The van der Waals surface area contributed by atoms with Gasteiger partial charge in [0.1, 0.15) is 0 Å². The summed E-state index contributed by atoms with van der Waals surface area (Å²) in [7, 11) is -3.62. The fraction of sp³-hybridized carbons (Fsp3) is 0.0909. The van der Waals surface area contributed by atoms with Gasteiger partial charge in [0.2, 0.25) is 0 Å². The third-order valence-corrected chi connectivity index (χ3v) is 4.86. The maximum absolute atomic E-state index is 12.0. The van der Waals surface area contributed by atoms with E-state index in [1.54, 1.807) is 25.1 Å². The Balaban J connectivity index is 2.31. The highest BCUT2D eigenvalue weighted by Crippen LogP contribution is 2.21. The van der Waals surface area contributed by atoms with Gasteiger partial charge in [-0.25, -0.2) is 13.4 Å². The smallest absolute Gasteiger partial charge is 0.273 e. The zero-order valence-corrected chi connectivity index (χ0v) is 11.0. The zero-order valence-electron chi connectivity index (χ0n) is 9.41. The van der Waals surface area contributed by atoms with Crippen LogP contribution in [-0.4, -0.2) is 13.4 Å². The number of hydrogen-bond acceptors (Lipinski definition) is 5. The molecule has 0 atom stereocenters. The third kappa shape index (κ3) is 2.67. The molecular weight excluding hydrogens is 270 g/mol. The molecule has 0 fully saturated rings. The Morgan fingerprint density at radius 3 is 2.83 bits per heavy atom. The Kier molecular flexibility index (Phi) is 3.32. The van der Waals surface area contributed by atoms with Gasteiger partial charge < -0.3 is 0 Å². The minimum absolute atomic E-state index is 0.155. The van der Waals surface area contributed by atoms with E-state index in [0.29, 0.717) is 16.3 Å². The zero-order chi connectivity index (χ0) is 13.2. The van der Waals surface area contributed by atoms with Crippen LogP contribution in [0.2, 0.25) is 0 Å². The second kappa shape index (κ2) is 4.76. The largest absolute Gasteiger partial charge is 0.279 e. The highest BCUT2D eigenvalue weighted by Gasteiger charge is 2.17. The molecule has 0 amide bonds.